The van der Waals surface area contributed by atoms with Gasteiger partial charge < -0.3 is 0 Å². The molecule has 2 bridgehead atoms. The highest BCUT2D eigenvalue weighted by Gasteiger charge is 2.68. The minimum atomic E-state index is -1.03. The number of imide groups is 1. The fourth-order valence-electron chi connectivity index (χ4n) is 6.82. The zero-order valence-electron chi connectivity index (χ0n) is 20.4. The second-order valence-corrected chi connectivity index (χ2v) is 11.2. The van der Waals surface area contributed by atoms with Gasteiger partial charge in [-0.2, -0.15) is 0 Å². The Bertz CT molecular complexity index is 1700. The van der Waals surface area contributed by atoms with Crippen molar-refractivity contribution in [1.29, 1.82) is 0 Å². The van der Waals surface area contributed by atoms with Crippen LogP contribution in [-0.2, 0) is 15.0 Å². The molecule has 8 heteroatoms. The average Bonchev–Trinajstić information content (AvgIpc) is 3.23. The Morgan fingerprint density at radius 3 is 2.08 bits per heavy atom. The fourth-order valence-corrected chi connectivity index (χ4v) is 7.35. The molecule has 0 saturated carbocycles. The molecule has 190 valence electrons. The number of nitro groups is 1. The molecule has 4 aromatic carbocycles. The number of benzene rings is 4. The van der Waals surface area contributed by atoms with Crippen LogP contribution in [-0.4, -0.2) is 23.0 Å². The molecule has 4 aliphatic rings. The summed E-state index contributed by atoms with van der Waals surface area (Å²) in [5.41, 5.74) is 3.31. The number of rotatable bonds is 4. The van der Waals surface area contributed by atoms with E-state index in [1.165, 1.54) is 18.2 Å². The molecule has 2 atom stereocenters. The van der Waals surface area contributed by atoms with Gasteiger partial charge in [0, 0.05) is 21.8 Å². The monoisotopic (exact) mass is 625 g/mol. The van der Waals surface area contributed by atoms with Crippen molar-refractivity contribution in [3.05, 3.63) is 133 Å². The summed E-state index contributed by atoms with van der Waals surface area (Å²) in [6, 6.07) is 29.5. The molecule has 3 aliphatic carbocycles. The summed E-state index contributed by atoms with van der Waals surface area (Å²) in [5, 5.41) is 11.9. The molecule has 1 saturated heterocycles. The van der Waals surface area contributed by atoms with Gasteiger partial charge in [0.15, 0.2) is 0 Å². The smallest absolute Gasteiger partial charge is 0.274 e. The van der Waals surface area contributed by atoms with Crippen LogP contribution in [0.4, 0.5) is 17.1 Å². The molecule has 0 spiro atoms. The third-order valence-electron chi connectivity index (χ3n) is 8.26. The highest BCUT2D eigenvalue weighted by Crippen LogP contribution is 2.64. The van der Waals surface area contributed by atoms with Crippen molar-refractivity contribution in [2.75, 3.05) is 4.90 Å². The van der Waals surface area contributed by atoms with Crippen molar-refractivity contribution in [3.8, 4) is 0 Å². The van der Waals surface area contributed by atoms with Gasteiger partial charge in [-0.25, -0.2) is 4.90 Å². The topological polar surface area (TPSA) is 92.9 Å². The molecular weight excluding hydrogens is 605 g/mol. The normalized spacial score (nSPS) is 24.5. The molecule has 7 nitrogen and oxygen atoms in total. The standard InChI is InChI=1S/C31H20IN3O4/c32-22-13-5-6-14-23(22)33-17-31-20-11-3-1-9-18(20)26(19-10-2-4-12-21(19)31)27-28(31)30(37)34(29(27)36)24-15-7-8-16-25(24)35(38)39/h1-17,26-28H/t26?,27-,28+,31?/m1/s1. The highest BCUT2D eigenvalue weighted by molar-refractivity contribution is 14.1. The van der Waals surface area contributed by atoms with Gasteiger partial charge in [0.2, 0.25) is 11.8 Å². The molecular formula is C31H20IN3O4. The van der Waals surface area contributed by atoms with Crippen molar-refractivity contribution in [1.82, 2.24) is 0 Å². The Morgan fingerprint density at radius 2 is 1.41 bits per heavy atom. The number of anilines is 1. The van der Waals surface area contributed by atoms with E-state index in [4.69, 9.17) is 4.99 Å². The van der Waals surface area contributed by atoms with Gasteiger partial charge in [-0.15, -0.1) is 0 Å². The number of hydrogen-bond donors (Lipinski definition) is 0. The Balaban J connectivity index is 1.52. The van der Waals surface area contributed by atoms with E-state index in [2.05, 4.69) is 22.6 Å². The van der Waals surface area contributed by atoms with Crippen LogP contribution in [0.2, 0.25) is 0 Å². The molecule has 1 fully saturated rings. The summed E-state index contributed by atoms with van der Waals surface area (Å²) < 4.78 is 0.959. The van der Waals surface area contributed by atoms with Gasteiger partial charge in [-0.3, -0.25) is 24.7 Å². The number of nitrogens with zero attached hydrogens (tertiary/aromatic N) is 3. The van der Waals surface area contributed by atoms with Crippen molar-refractivity contribution in [3.63, 3.8) is 0 Å². The SMILES string of the molecule is O=C1[C@@H]2C3c4ccccc4C(C=Nc4ccccc4I)(c4ccccc43)[C@@H]2C(=O)N1c1ccccc1[N+](=O)[O-]. The molecule has 0 radical (unpaired) electrons. The predicted octanol–water partition coefficient (Wildman–Crippen LogP) is 6.15. The Hall–Kier alpha value is -4.18. The third kappa shape index (κ3) is 3.18. The predicted molar refractivity (Wildman–Crippen MR) is 155 cm³/mol. The number of halogens is 1. The van der Waals surface area contributed by atoms with E-state index < -0.39 is 34.0 Å². The Kier molecular flexibility index (Phi) is 5.31. The van der Waals surface area contributed by atoms with Crippen LogP contribution in [0.25, 0.3) is 0 Å². The lowest BCUT2D eigenvalue weighted by molar-refractivity contribution is -0.384. The lowest BCUT2D eigenvalue weighted by Crippen LogP contribution is -2.54. The number of hydrogen-bond acceptors (Lipinski definition) is 5. The largest absolute Gasteiger partial charge is 0.293 e. The van der Waals surface area contributed by atoms with Crippen LogP contribution >= 0.6 is 22.6 Å². The minimum Gasteiger partial charge on any atom is -0.274 e. The van der Waals surface area contributed by atoms with Crippen LogP contribution in [0.1, 0.15) is 28.2 Å². The van der Waals surface area contributed by atoms with Crippen LogP contribution in [0, 0.1) is 25.5 Å². The van der Waals surface area contributed by atoms with Crippen LogP contribution in [0.5, 0.6) is 0 Å². The van der Waals surface area contributed by atoms with E-state index in [-0.39, 0.29) is 17.3 Å². The number of nitro benzene ring substituents is 1. The molecule has 0 unspecified atom stereocenters. The van der Waals surface area contributed by atoms with Gasteiger partial charge in [0.25, 0.3) is 5.69 Å². The summed E-state index contributed by atoms with van der Waals surface area (Å²) in [4.78, 5) is 46.0. The van der Waals surface area contributed by atoms with Crippen LogP contribution in [0.15, 0.2) is 102 Å². The van der Waals surface area contributed by atoms with Gasteiger partial charge in [0.05, 0.1) is 27.9 Å². The Morgan fingerprint density at radius 1 is 0.821 bits per heavy atom. The summed E-state index contributed by atoms with van der Waals surface area (Å²) in [6.45, 7) is 0. The molecule has 1 aliphatic heterocycles. The molecule has 0 N–H and O–H groups in total. The average molecular weight is 625 g/mol. The molecule has 2 amide bonds. The molecule has 8 rings (SSSR count). The maximum atomic E-state index is 14.4. The Labute approximate surface area is 237 Å². The van der Waals surface area contributed by atoms with Crippen molar-refractivity contribution in [2.24, 2.45) is 16.8 Å². The third-order valence-corrected chi connectivity index (χ3v) is 9.18. The van der Waals surface area contributed by atoms with E-state index in [1.807, 2.05) is 79.0 Å². The first-order valence-corrected chi connectivity index (χ1v) is 13.6. The first-order chi connectivity index (χ1) is 18.9. The summed E-state index contributed by atoms with van der Waals surface area (Å²) in [6.07, 6.45) is 1.84. The van der Waals surface area contributed by atoms with Crippen molar-refractivity contribution >= 4 is 57.7 Å². The number of carbonyl (C=O) groups excluding carboxylic acids is 2. The van der Waals surface area contributed by atoms with E-state index in [0.717, 1.165) is 36.4 Å². The van der Waals surface area contributed by atoms with Gasteiger partial charge >= 0.3 is 0 Å². The van der Waals surface area contributed by atoms with Gasteiger partial charge in [-0.1, -0.05) is 72.8 Å². The zero-order valence-corrected chi connectivity index (χ0v) is 22.6. The molecule has 39 heavy (non-hydrogen) atoms. The summed E-state index contributed by atoms with van der Waals surface area (Å²) >= 11 is 2.23. The summed E-state index contributed by atoms with van der Waals surface area (Å²) in [5.74, 6) is -2.73. The van der Waals surface area contributed by atoms with Crippen LogP contribution in [0.3, 0.4) is 0 Å². The van der Waals surface area contributed by atoms with Gasteiger partial charge in [-0.05, 0) is 63.0 Å². The van der Waals surface area contributed by atoms with Gasteiger partial charge in [0.1, 0.15) is 5.69 Å². The maximum absolute atomic E-state index is 14.4. The maximum Gasteiger partial charge on any atom is 0.293 e. The number of aliphatic imine (C=N–C) groups is 1. The van der Waals surface area contributed by atoms with Crippen molar-refractivity contribution < 1.29 is 14.5 Å². The molecule has 4 aromatic rings. The number of para-hydroxylation sites is 3. The van der Waals surface area contributed by atoms with Crippen molar-refractivity contribution in [2.45, 2.75) is 11.3 Å². The quantitative estimate of drug-likeness (QED) is 0.0894. The second kappa shape index (κ2) is 8.67. The van der Waals surface area contributed by atoms with E-state index >= 15 is 0 Å². The number of carbonyl (C=O) groups is 2. The highest BCUT2D eigenvalue weighted by atomic mass is 127. The minimum absolute atomic E-state index is 0.00380. The fraction of sp³-hybridized carbons (Fsp3) is 0.129. The van der Waals surface area contributed by atoms with E-state index in [1.54, 1.807) is 6.07 Å². The molecule has 0 aromatic heterocycles. The van der Waals surface area contributed by atoms with E-state index in [9.17, 15) is 19.7 Å². The lowest BCUT2D eigenvalue weighted by atomic mass is 9.47. The number of amides is 2. The summed E-state index contributed by atoms with van der Waals surface area (Å²) in [7, 11) is 0. The first-order valence-electron chi connectivity index (χ1n) is 12.5. The first kappa shape index (κ1) is 23.9. The zero-order chi connectivity index (χ0) is 26.9. The second-order valence-electron chi connectivity index (χ2n) is 9.99. The van der Waals surface area contributed by atoms with E-state index in [0.29, 0.717) is 0 Å². The lowest BCUT2D eigenvalue weighted by Gasteiger charge is -2.52. The van der Waals surface area contributed by atoms with Crippen LogP contribution < -0.4 is 4.90 Å². The molecule has 1 heterocycles.